The van der Waals surface area contributed by atoms with E-state index in [1.807, 2.05) is 0 Å². The van der Waals surface area contributed by atoms with Gasteiger partial charge in [0.25, 0.3) is 0 Å². The van der Waals surface area contributed by atoms with E-state index in [-0.39, 0.29) is 0 Å². The van der Waals surface area contributed by atoms with Crippen LogP contribution in [0.1, 0.15) is 42.1 Å². The van der Waals surface area contributed by atoms with Crippen LogP contribution in [0.25, 0.3) is 0 Å². The quantitative estimate of drug-likeness (QED) is 0.839. The molecule has 0 saturated carbocycles. The molecule has 21 heavy (non-hydrogen) atoms. The molecule has 2 heteroatoms. The lowest BCUT2D eigenvalue weighted by Gasteiger charge is -2.15. The number of ether oxygens (including phenoxy) is 1. The summed E-state index contributed by atoms with van der Waals surface area (Å²) in [6.07, 6.45) is 0. The van der Waals surface area contributed by atoms with E-state index in [4.69, 9.17) is 4.74 Å². The van der Waals surface area contributed by atoms with Crippen molar-refractivity contribution in [3.05, 3.63) is 64.7 Å². The molecule has 0 fully saturated rings. The van der Waals surface area contributed by atoms with Crippen molar-refractivity contribution in [2.75, 3.05) is 6.54 Å². The maximum Gasteiger partial charge on any atom is 0.122 e. The third kappa shape index (κ3) is 4.33. The molecular weight excluding hydrogens is 258 g/mol. The minimum Gasteiger partial charge on any atom is -0.489 e. The Balaban J connectivity index is 2.04. The zero-order valence-electron chi connectivity index (χ0n) is 13.4. The lowest BCUT2D eigenvalue weighted by atomic mass is 10.0. The van der Waals surface area contributed by atoms with Crippen molar-refractivity contribution in [2.24, 2.45) is 0 Å². The molecule has 0 heterocycles. The Labute approximate surface area is 128 Å². The molecule has 112 valence electrons. The zero-order chi connectivity index (χ0) is 15.2. The number of rotatable bonds is 6. The van der Waals surface area contributed by atoms with E-state index >= 15 is 0 Å². The molecule has 0 bridgehead atoms. The van der Waals surface area contributed by atoms with Gasteiger partial charge in [-0.2, -0.15) is 0 Å². The van der Waals surface area contributed by atoms with Gasteiger partial charge < -0.3 is 10.1 Å². The minimum absolute atomic E-state index is 0.375. The Kier molecular flexibility index (Phi) is 5.40. The summed E-state index contributed by atoms with van der Waals surface area (Å²) in [5, 5.41) is 3.43. The normalized spacial score (nSPS) is 12.2. The van der Waals surface area contributed by atoms with Gasteiger partial charge in [0.15, 0.2) is 0 Å². The molecule has 2 aromatic rings. The number of hydrogen-bond donors (Lipinski definition) is 1. The lowest BCUT2D eigenvalue weighted by Crippen LogP contribution is -2.17. The first-order chi connectivity index (χ1) is 10.1. The summed E-state index contributed by atoms with van der Waals surface area (Å²) in [4.78, 5) is 0. The van der Waals surface area contributed by atoms with Gasteiger partial charge in [-0.1, -0.05) is 48.9 Å². The van der Waals surface area contributed by atoms with Gasteiger partial charge in [0.2, 0.25) is 0 Å². The summed E-state index contributed by atoms with van der Waals surface area (Å²) in [7, 11) is 0. The Morgan fingerprint density at radius 3 is 2.57 bits per heavy atom. The summed E-state index contributed by atoms with van der Waals surface area (Å²) in [5.41, 5.74) is 4.96. The highest BCUT2D eigenvalue weighted by atomic mass is 16.5. The molecule has 0 aliphatic heterocycles. The summed E-state index contributed by atoms with van der Waals surface area (Å²) in [5.74, 6) is 0.962. The fourth-order valence-corrected chi connectivity index (χ4v) is 2.49. The smallest absolute Gasteiger partial charge is 0.122 e. The van der Waals surface area contributed by atoms with E-state index in [1.54, 1.807) is 0 Å². The van der Waals surface area contributed by atoms with Crippen molar-refractivity contribution in [1.29, 1.82) is 0 Å². The van der Waals surface area contributed by atoms with Crippen molar-refractivity contribution in [3.63, 3.8) is 0 Å². The third-order valence-corrected chi connectivity index (χ3v) is 3.69. The summed E-state index contributed by atoms with van der Waals surface area (Å²) < 4.78 is 5.95. The average molecular weight is 283 g/mol. The molecule has 1 unspecified atom stereocenters. The second-order valence-electron chi connectivity index (χ2n) is 5.58. The minimum atomic E-state index is 0.375. The van der Waals surface area contributed by atoms with Gasteiger partial charge in [-0.05, 0) is 50.1 Å². The summed E-state index contributed by atoms with van der Waals surface area (Å²) in [6, 6.07) is 15.2. The van der Waals surface area contributed by atoms with E-state index in [9.17, 15) is 0 Å². The van der Waals surface area contributed by atoms with Crippen LogP contribution in [0.3, 0.4) is 0 Å². The first kappa shape index (κ1) is 15.6. The van der Waals surface area contributed by atoms with Crippen LogP contribution >= 0.6 is 0 Å². The van der Waals surface area contributed by atoms with E-state index < -0.39 is 0 Å². The van der Waals surface area contributed by atoms with E-state index in [0.717, 1.165) is 12.3 Å². The van der Waals surface area contributed by atoms with Crippen LogP contribution < -0.4 is 10.1 Å². The Morgan fingerprint density at radius 1 is 1.10 bits per heavy atom. The maximum absolute atomic E-state index is 5.95. The molecule has 0 radical (unpaired) electrons. The number of benzene rings is 2. The van der Waals surface area contributed by atoms with Gasteiger partial charge in [0, 0.05) is 6.04 Å². The molecule has 2 rings (SSSR count). The van der Waals surface area contributed by atoms with Crippen LogP contribution in [0, 0.1) is 13.8 Å². The molecule has 0 spiro atoms. The molecule has 0 saturated heterocycles. The van der Waals surface area contributed by atoms with Gasteiger partial charge in [-0.3, -0.25) is 0 Å². The number of nitrogens with one attached hydrogen (secondary N) is 1. The Morgan fingerprint density at radius 2 is 1.90 bits per heavy atom. The predicted octanol–water partition coefficient (Wildman–Crippen LogP) is 4.55. The molecular formula is C19H25NO. The van der Waals surface area contributed by atoms with Crippen LogP contribution in [0.5, 0.6) is 5.75 Å². The van der Waals surface area contributed by atoms with Gasteiger partial charge in [0.1, 0.15) is 12.4 Å². The van der Waals surface area contributed by atoms with Crippen molar-refractivity contribution >= 4 is 0 Å². The van der Waals surface area contributed by atoms with Gasteiger partial charge in [-0.25, -0.2) is 0 Å². The first-order valence-electron chi connectivity index (χ1n) is 7.62. The van der Waals surface area contributed by atoms with Crippen molar-refractivity contribution in [3.8, 4) is 5.75 Å². The second-order valence-corrected chi connectivity index (χ2v) is 5.58. The largest absolute Gasteiger partial charge is 0.489 e. The Bertz CT molecular complexity index is 592. The van der Waals surface area contributed by atoms with Crippen LogP contribution in [0.4, 0.5) is 0 Å². The Hall–Kier alpha value is -1.80. The zero-order valence-corrected chi connectivity index (χ0v) is 13.4. The van der Waals surface area contributed by atoms with E-state index in [2.05, 4.69) is 75.5 Å². The molecule has 0 aromatic heterocycles. The summed E-state index contributed by atoms with van der Waals surface area (Å²) in [6.45, 7) is 10.1. The predicted molar refractivity (Wildman–Crippen MR) is 88.8 cm³/mol. The van der Waals surface area contributed by atoms with Crippen LogP contribution in [0.15, 0.2) is 42.5 Å². The van der Waals surface area contributed by atoms with Crippen molar-refractivity contribution < 1.29 is 4.74 Å². The fourth-order valence-electron chi connectivity index (χ4n) is 2.49. The van der Waals surface area contributed by atoms with Gasteiger partial charge in [-0.15, -0.1) is 0 Å². The molecule has 0 aliphatic rings. The summed E-state index contributed by atoms with van der Waals surface area (Å²) >= 11 is 0. The molecule has 0 aliphatic carbocycles. The van der Waals surface area contributed by atoms with Gasteiger partial charge in [0.05, 0.1) is 0 Å². The molecule has 1 atom stereocenters. The number of aryl methyl sites for hydroxylation is 2. The monoisotopic (exact) mass is 283 g/mol. The average Bonchev–Trinajstić information content (AvgIpc) is 2.46. The second kappa shape index (κ2) is 7.28. The van der Waals surface area contributed by atoms with Crippen LogP contribution in [-0.2, 0) is 6.61 Å². The van der Waals surface area contributed by atoms with Crippen molar-refractivity contribution in [2.45, 2.75) is 40.3 Å². The standard InChI is InChI=1S/C19H25NO/c1-5-20-16(4)18-9-10-19(15(3)12-18)21-13-17-8-6-7-14(2)11-17/h6-12,16,20H,5,13H2,1-4H3. The third-order valence-electron chi connectivity index (χ3n) is 3.69. The topological polar surface area (TPSA) is 21.3 Å². The molecule has 1 N–H and O–H groups in total. The van der Waals surface area contributed by atoms with Crippen LogP contribution in [-0.4, -0.2) is 6.54 Å². The van der Waals surface area contributed by atoms with Crippen molar-refractivity contribution in [1.82, 2.24) is 5.32 Å². The molecule has 0 amide bonds. The maximum atomic E-state index is 5.95. The lowest BCUT2D eigenvalue weighted by molar-refractivity contribution is 0.304. The van der Waals surface area contributed by atoms with Gasteiger partial charge >= 0.3 is 0 Å². The highest BCUT2D eigenvalue weighted by Crippen LogP contribution is 2.23. The van der Waals surface area contributed by atoms with E-state index in [1.165, 1.54) is 22.3 Å². The molecule has 2 nitrogen and oxygen atoms in total. The molecule has 2 aromatic carbocycles. The first-order valence-corrected chi connectivity index (χ1v) is 7.62. The highest BCUT2D eigenvalue weighted by molar-refractivity contribution is 5.37. The number of hydrogen-bond acceptors (Lipinski definition) is 2. The SMILES string of the molecule is CCNC(C)c1ccc(OCc2cccc(C)c2)c(C)c1. The van der Waals surface area contributed by atoms with Crippen LogP contribution in [0.2, 0.25) is 0 Å². The fraction of sp³-hybridized carbons (Fsp3) is 0.368. The highest BCUT2D eigenvalue weighted by Gasteiger charge is 2.07. The van der Waals surface area contributed by atoms with E-state index in [0.29, 0.717) is 12.6 Å².